The first-order valence-corrected chi connectivity index (χ1v) is 7.84. The monoisotopic (exact) mass is 276 g/mol. The Kier molecular flexibility index (Phi) is 5.17. The van der Waals surface area contributed by atoms with Gasteiger partial charge in [-0.2, -0.15) is 0 Å². The Bertz CT molecular complexity index is 425. The topological polar surface area (TPSA) is 34.1 Å². The number of rotatable bonds is 5. The Morgan fingerprint density at radius 2 is 2.10 bits per heavy atom. The van der Waals surface area contributed by atoms with Crippen molar-refractivity contribution in [3.05, 3.63) is 29.6 Å². The second-order valence-corrected chi connectivity index (χ2v) is 6.20. The highest BCUT2D eigenvalue weighted by Crippen LogP contribution is 2.43. The summed E-state index contributed by atoms with van der Waals surface area (Å²) in [6.07, 6.45) is 8.64. The third kappa shape index (κ3) is 3.21. The van der Waals surface area contributed by atoms with Crippen LogP contribution in [-0.4, -0.2) is 24.2 Å². The smallest absolute Gasteiger partial charge is 0.0876 e. The minimum absolute atomic E-state index is 0.0779. The summed E-state index contributed by atoms with van der Waals surface area (Å²) in [4.78, 5) is 4.36. The lowest BCUT2D eigenvalue weighted by Gasteiger charge is -2.44. The second-order valence-electron chi connectivity index (χ2n) is 6.20. The van der Waals surface area contributed by atoms with Gasteiger partial charge in [0.2, 0.25) is 0 Å². The maximum absolute atomic E-state index is 6.28. The Morgan fingerprint density at radius 1 is 1.40 bits per heavy atom. The van der Waals surface area contributed by atoms with E-state index in [4.69, 9.17) is 4.74 Å². The molecule has 1 atom stereocenters. The molecule has 1 fully saturated rings. The molecule has 112 valence electrons. The van der Waals surface area contributed by atoms with Crippen LogP contribution < -0.4 is 5.32 Å². The molecule has 1 aromatic rings. The van der Waals surface area contributed by atoms with E-state index in [1.807, 2.05) is 19.4 Å². The Hall–Kier alpha value is -0.930. The highest BCUT2D eigenvalue weighted by atomic mass is 16.5. The lowest BCUT2D eigenvalue weighted by molar-refractivity contribution is -0.0963. The molecule has 1 aromatic heterocycles. The van der Waals surface area contributed by atoms with Gasteiger partial charge in [-0.15, -0.1) is 0 Å². The first-order valence-electron chi connectivity index (χ1n) is 7.84. The van der Waals surface area contributed by atoms with Gasteiger partial charge in [0.25, 0.3) is 0 Å². The maximum atomic E-state index is 6.28. The zero-order valence-corrected chi connectivity index (χ0v) is 13.3. The van der Waals surface area contributed by atoms with Gasteiger partial charge >= 0.3 is 0 Å². The third-order valence-corrected chi connectivity index (χ3v) is 4.60. The third-order valence-electron chi connectivity index (χ3n) is 4.60. The van der Waals surface area contributed by atoms with Crippen molar-refractivity contribution in [3.63, 3.8) is 0 Å². The van der Waals surface area contributed by atoms with E-state index in [2.05, 4.69) is 37.1 Å². The van der Waals surface area contributed by atoms with E-state index in [0.29, 0.717) is 0 Å². The van der Waals surface area contributed by atoms with Crippen LogP contribution in [0.15, 0.2) is 18.5 Å². The normalized spacial score (nSPS) is 28.3. The molecule has 1 heterocycles. The molecule has 0 amide bonds. The van der Waals surface area contributed by atoms with Gasteiger partial charge < -0.3 is 10.1 Å². The van der Waals surface area contributed by atoms with Gasteiger partial charge in [-0.05, 0) is 63.6 Å². The molecule has 20 heavy (non-hydrogen) atoms. The molecule has 1 aliphatic carbocycles. The minimum Gasteiger partial charge on any atom is -0.373 e. The van der Waals surface area contributed by atoms with Crippen molar-refractivity contribution in [3.8, 4) is 0 Å². The highest BCUT2D eigenvalue weighted by Gasteiger charge is 2.42. The molecular weight excluding hydrogens is 248 g/mol. The lowest BCUT2D eigenvalue weighted by Crippen LogP contribution is -2.47. The number of likely N-dealkylation sites (N-methyl/N-ethyl adjacent to an activating group) is 1. The number of ether oxygens (including phenoxy) is 1. The SMILES string of the molecule is CCOC1(C(NC)c2cncc(C)c2)CCC(C)CC1. The first kappa shape index (κ1) is 15.5. The Balaban J connectivity index is 2.30. The number of hydrogen-bond donors (Lipinski definition) is 1. The van der Waals surface area contributed by atoms with Gasteiger partial charge in [0.15, 0.2) is 0 Å². The Morgan fingerprint density at radius 3 is 2.65 bits per heavy atom. The highest BCUT2D eigenvalue weighted by molar-refractivity contribution is 5.23. The van der Waals surface area contributed by atoms with E-state index in [9.17, 15) is 0 Å². The van der Waals surface area contributed by atoms with Crippen LogP contribution in [-0.2, 0) is 4.74 Å². The predicted molar refractivity (Wildman–Crippen MR) is 82.8 cm³/mol. The molecule has 3 heteroatoms. The molecule has 3 nitrogen and oxygen atoms in total. The van der Waals surface area contributed by atoms with E-state index in [-0.39, 0.29) is 11.6 Å². The summed E-state index contributed by atoms with van der Waals surface area (Å²) in [7, 11) is 2.03. The molecule has 1 unspecified atom stereocenters. The fourth-order valence-electron chi connectivity index (χ4n) is 3.52. The molecule has 0 spiro atoms. The Labute approximate surface area is 123 Å². The van der Waals surface area contributed by atoms with Crippen LogP contribution in [0.2, 0.25) is 0 Å². The molecule has 1 saturated carbocycles. The number of aryl methyl sites for hydroxylation is 1. The summed E-state index contributed by atoms with van der Waals surface area (Å²) in [5.41, 5.74) is 2.37. The fraction of sp³-hybridized carbons (Fsp3) is 0.706. The summed E-state index contributed by atoms with van der Waals surface area (Å²) in [5.74, 6) is 0.816. The van der Waals surface area contributed by atoms with Crippen molar-refractivity contribution in [1.82, 2.24) is 10.3 Å². The van der Waals surface area contributed by atoms with Crippen LogP contribution >= 0.6 is 0 Å². The molecule has 0 aromatic carbocycles. The maximum Gasteiger partial charge on any atom is 0.0876 e. The van der Waals surface area contributed by atoms with E-state index >= 15 is 0 Å². The quantitative estimate of drug-likeness (QED) is 0.891. The molecule has 1 N–H and O–H groups in total. The number of nitrogens with zero attached hydrogens (tertiary/aromatic N) is 1. The molecule has 0 bridgehead atoms. The second kappa shape index (κ2) is 6.68. The van der Waals surface area contributed by atoms with E-state index < -0.39 is 0 Å². The van der Waals surface area contributed by atoms with Crippen LogP contribution in [0.5, 0.6) is 0 Å². The van der Waals surface area contributed by atoms with Crippen LogP contribution in [0.1, 0.15) is 56.7 Å². The van der Waals surface area contributed by atoms with Gasteiger partial charge in [0.1, 0.15) is 0 Å². The molecule has 1 aliphatic rings. The van der Waals surface area contributed by atoms with Crippen molar-refractivity contribution in [2.24, 2.45) is 5.92 Å². The van der Waals surface area contributed by atoms with E-state index in [1.54, 1.807) is 0 Å². The van der Waals surface area contributed by atoms with Crippen molar-refractivity contribution >= 4 is 0 Å². The molecule has 0 aliphatic heterocycles. The van der Waals surface area contributed by atoms with Gasteiger partial charge in [0, 0.05) is 19.0 Å². The van der Waals surface area contributed by atoms with E-state index in [0.717, 1.165) is 25.4 Å². The van der Waals surface area contributed by atoms with Gasteiger partial charge in [-0.3, -0.25) is 4.98 Å². The minimum atomic E-state index is -0.0779. The molecular formula is C17H28N2O. The number of pyridine rings is 1. The van der Waals surface area contributed by atoms with Crippen molar-refractivity contribution in [2.75, 3.05) is 13.7 Å². The van der Waals surface area contributed by atoms with Crippen LogP contribution in [0.4, 0.5) is 0 Å². The van der Waals surface area contributed by atoms with Crippen LogP contribution in [0.3, 0.4) is 0 Å². The summed E-state index contributed by atoms with van der Waals surface area (Å²) >= 11 is 0. The standard InChI is InChI=1S/C17H28N2O/c1-5-20-17(8-6-13(2)7-9-17)16(18-4)15-10-14(3)11-19-12-15/h10-13,16,18H,5-9H2,1-4H3. The fourth-order valence-corrected chi connectivity index (χ4v) is 3.52. The van der Waals surface area contributed by atoms with Crippen molar-refractivity contribution in [1.29, 1.82) is 0 Å². The largest absolute Gasteiger partial charge is 0.373 e. The zero-order chi connectivity index (χ0) is 14.6. The van der Waals surface area contributed by atoms with E-state index in [1.165, 1.54) is 24.0 Å². The lowest BCUT2D eigenvalue weighted by atomic mass is 9.73. The summed E-state index contributed by atoms with van der Waals surface area (Å²) in [6, 6.07) is 2.45. The van der Waals surface area contributed by atoms with Crippen molar-refractivity contribution in [2.45, 2.75) is 58.1 Å². The van der Waals surface area contributed by atoms with Crippen molar-refractivity contribution < 1.29 is 4.74 Å². The average molecular weight is 276 g/mol. The zero-order valence-electron chi connectivity index (χ0n) is 13.3. The average Bonchev–Trinajstić information content (AvgIpc) is 2.43. The van der Waals surface area contributed by atoms with Gasteiger partial charge in [0.05, 0.1) is 11.6 Å². The summed E-state index contributed by atoms with van der Waals surface area (Å²) < 4.78 is 6.28. The van der Waals surface area contributed by atoms with Crippen LogP contribution in [0, 0.1) is 12.8 Å². The molecule has 0 radical (unpaired) electrons. The summed E-state index contributed by atoms with van der Waals surface area (Å²) in [5, 5.41) is 3.49. The predicted octanol–water partition coefficient (Wildman–Crippen LogP) is 3.64. The number of nitrogens with one attached hydrogen (secondary N) is 1. The number of aromatic nitrogens is 1. The van der Waals surface area contributed by atoms with Crippen LogP contribution in [0.25, 0.3) is 0 Å². The first-order chi connectivity index (χ1) is 9.61. The number of hydrogen-bond acceptors (Lipinski definition) is 3. The summed E-state index contributed by atoms with van der Waals surface area (Å²) in [6.45, 7) is 7.31. The molecule has 2 rings (SSSR count). The van der Waals surface area contributed by atoms with Gasteiger partial charge in [-0.1, -0.05) is 13.0 Å². The van der Waals surface area contributed by atoms with Gasteiger partial charge in [-0.25, -0.2) is 0 Å². The molecule has 0 saturated heterocycles.